The fourth-order valence-corrected chi connectivity index (χ4v) is 4.96. The Morgan fingerprint density at radius 2 is 1.49 bits per heavy atom. The molecule has 0 fully saturated rings. The predicted octanol–water partition coefficient (Wildman–Crippen LogP) is 6.97. The summed E-state index contributed by atoms with van der Waals surface area (Å²) in [5, 5.41) is 3.33. The number of aryl methyl sites for hydroxylation is 1. The van der Waals surface area contributed by atoms with Crippen LogP contribution in [-0.4, -0.2) is 62.5 Å². The van der Waals surface area contributed by atoms with Crippen molar-refractivity contribution in [2.24, 2.45) is 0 Å². The quantitative estimate of drug-likeness (QED) is 0.0859. The van der Waals surface area contributed by atoms with Gasteiger partial charge < -0.3 is 24.1 Å². The fraction of sp³-hybridized carbons (Fsp3) is 0.514. The Labute approximate surface area is 256 Å². The number of nitrogens with zero attached hydrogens (tertiary/aromatic N) is 1. The number of benzene rings is 2. The van der Waals surface area contributed by atoms with Crippen LogP contribution in [-0.2, 0) is 16.0 Å². The first kappa shape index (κ1) is 33.8. The van der Waals surface area contributed by atoms with E-state index in [0.717, 1.165) is 44.6 Å². The number of hydrogen-bond donors (Lipinski definition) is 1. The van der Waals surface area contributed by atoms with Gasteiger partial charge in [0.05, 0.1) is 25.7 Å². The number of ether oxygens (including phenoxy) is 2. The van der Waals surface area contributed by atoms with Crippen molar-refractivity contribution in [3.05, 3.63) is 64.9 Å². The number of carbonyl (C=O) groups excluding carboxylic acids is 3. The van der Waals surface area contributed by atoms with E-state index >= 15 is 0 Å². The molecule has 1 heterocycles. The van der Waals surface area contributed by atoms with Crippen molar-refractivity contribution < 1.29 is 28.3 Å². The highest BCUT2D eigenvalue weighted by Gasteiger charge is 2.23. The van der Waals surface area contributed by atoms with Crippen molar-refractivity contribution in [2.75, 3.05) is 39.9 Å². The monoisotopic (exact) mass is 592 g/mol. The molecule has 0 radical (unpaired) electrons. The van der Waals surface area contributed by atoms with Gasteiger partial charge in [0.15, 0.2) is 5.78 Å². The lowest BCUT2D eigenvalue weighted by Crippen LogP contribution is -2.28. The zero-order valence-electron chi connectivity index (χ0n) is 26.3. The molecule has 234 valence electrons. The molecule has 43 heavy (non-hydrogen) atoms. The third kappa shape index (κ3) is 10.2. The van der Waals surface area contributed by atoms with Crippen molar-refractivity contribution >= 4 is 28.6 Å². The maximum Gasteiger partial charge on any atom is 0.307 e. The molecule has 0 aliphatic heterocycles. The first-order valence-corrected chi connectivity index (χ1v) is 15.8. The average Bonchev–Trinajstić information content (AvgIpc) is 3.40. The third-order valence-electron chi connectivity index (χ3n) is 7.51. The molecule has 0 aliphatic carbocycles. The number of rotatable bonds is 20. The number of unbranched alkanes of at least 4 members (excludes halogenated alkanes) is 3. The summed E-state index contributed by atoms with van der Waals surface area (Å²) in [5.41, 5.74) is 1.97. The molecule has 8 heteroatoms. The van der Waals surface area contributed by atoms with Gasteiger partial charge in [-0.3, -0.25) is 14.4 Å². The third-order valence-corrected chi connectivity index (χ3v) is 7.51. The van der Waals surface area contributed by atoms with Crippen LogP contribution < -0.4 is 10.1 Å². The number of esters is 1. The minimum atomic E-state index is -0.396. The van der Waals surface area contributed by atoms with Crippen molar-refractivity contribution in [2.45, 2.75) is 78.6 Å². The number of fused-ring (bicyclic) bond motifs is 1. The highest BCUT2D eigenvalue weighted by atomic mass is 16.5. The van der Waals surface area contributed by atoms with Crippen LogP contribution in [0.1, 0.15) is 104 Å². The van der Waals surface area contributed by atoms with Crippen LogP contribution in [0.4, 0.5) is 0 Å². The van der Waals surface area contributed by atoms with E-state index in [2.05, 4.69) is 35.7 Å². The Morgan fingerprint density at radius 3 is 2.14 bits per heavy atom. The zero-order valence-corrected chi connectivity index (χ0v) is 26.3. The van der Waals surface area contributed by atoms with Gasteiger partial charge in [0.25, 0.3) is 5.91 Å². The van der Waals surface area contributed by atoms with Gasteiger partial charge in [0.2, 0.25) is 0 Å². The zero-order chi connectivity index (χ0) is 31.0. The molecule has 0 atom stereocenters. The highest BCUT2D eigenvalue weighted by Crippen LogP contribution is 2.31. The van der Waals surface area contributed by atoms with E-state index in [1.165, 1.54) is 32.8 Å². The van der Waals surface area contributed by atoms with E-state index in [-0.39, 0.29) is 24.7 Å². The smallest absolute Gasteiger partial charge is 0.307 e. The number of ketones is 1. The van der Waals surface area contributed by atoms with Crippen LogP contribution in [0.5, 0.6) is 5.75 Å². The average molecular weight is 593 g/mol. The molecule has 0 saturated carbocycles. The summed E-state index contributed by atoms with van der Waals surface area (Å²) in [7, 11) is 1.31. The molecule has 8 nitrogen and oxygen atoms in total. The van der Waals surface area contributed by atoms with Gasteiger partial charge in [-0.2, -0.15) is 0 Å². The number of amides is 1. The summed E-state index contributed by atoms with van der Waals surface area (Å²) >= 11 is 0. The lowest BCUT2D eigenvalue weighted by Gasteiger charge is -2.21. The normalized spacial score (nSPS) is 11.2. The first-order valence-electron chi connectivity index (χ1n) is 15.8. The fourth-order valence-electron chi connectivity index (χ4n) is 4.96. The molecule has 0 spiro atoms. The Bertz CT molecular complexity index is 1310. The van der Waals surface area contributed by atoms with Crippen LogP contribution >= 0.6 is 0 Å². The lowest BCUT2D eigenvalue weighted by atomic mass is 9.97. The molecule has 3 rings (SSSR count). The Hall–Kier alpha value is -3.65. The molecular formula is C35H48N2O6. The molecule has 1 amide bonds. The number of methoxy groups -OCH3 is 1. The number of hydrogen-bond acceptors (Lipinski definition) is 7. The van der Waals surface area contributed by atoms with Crippen LogP contribution in [0.15, 0.2) is 46.9 Å². The Morgan fingerprint density at radius 1 is 0.837 bits per heavy atom. The van der Waals surface area contributed by atoms with E-state index in [1.54, 1.807) is 30.3 Å². The second kappa shape index (κ2) is 18.1. The molecule has 1 aromatic heterocycles. The van der Waals surface area contributed by atoms with Crippen molar-refractivity contribution in [3.63, 3.8) is 0 Å². The van der Waals surface area contributed by atoms with E-state index in [0.29, 0.717) is 46.4 Å². The van der Waals surface area contributed by atoms with Gasteiger partial charge in [-0.15, -0.1) is 0 Å². The molecule has 0 aliphatic rings. The lowest BCUT2D eigenvalue weighted by molar-refractivity contribution is -0.140. The van der Waals surface area contributed by atoms with Crippen LogP contribution in [0, 0.1) is 0 Å². The SMILES string of the molecule is CCCCc1oc2ccc(C(=O)NCCC(=O)OC)cc2c1C(=O)c1ccc(OCCCN(CCCC)CCCC)cc1. The second-order valence-electron chi connectivity index (χ2n) is 10.9. The predicted molar refractivity (Wildman–Crippen MR) is 170 cm³/mol. The van der Waals surface area contributed by atoms with Crippen LogP contribution in [0.3, 0.4) is 0 Å². The molecule has 0 unspecified atom stereocenters. The summed E-state index contributed by atoms with van der Waals surface area (Å²) in [6.45, 7) is 10.6. The van der Waals surface area contributed by atoms with Gasteiger partial charge >= 0.3 is 5.97 Å². The van der Waals surface area contributed by atoms with E-state index in [9.17, 15) is 14.4 Å². The minimum Gasteiger partial charge on any atom is -0.494 e. The van der Waals surface area contributed by atoms with Crippen molar-refractivity contribution in [3.8, 4) is 5.75 Å². The standard InChI is InChI=1S/C35H48N2O6/c1-5-8-12-31-33(29-25-27(15-18-30(29)43-31)35(40)36-20-19-32(38)41-4)34(39)26-13-16-28(17-14-26)42-24-11-23-37(21-9-6-2)22-10-7-3/h13-18,25H,5-12,19-24H2,1-4H3,(H,36,40). The largest absolute Gasteiger partial charge is 0.494 e. The molecule has 1 N–H and O–H groups in total. The Balaban J connectivity index is 1.71. The summed E-state index contributed by atoms with van der Waals surface area (Å²) in [6, 6.07) is 12.3. The van der Waals surface area contributed by atoms with E-state index < -0.39 is 5.97 Å². The van der Waals surface area contributed by atoms with E-state index in [1.807, 2.05) is 12.1 Å². The number of carbonyl (C=O) groups is 3. The van der Waals surface area contributed by atoms with Crippen molar-refractivity contribution in [1.29, 1.82) is 0 Å². The maximum absolute atomic E-state index is 13.8. The van der Waals surface area contributed by atoms with Gasteiger partial charge in [0, 0.05) is 36.0 Å². The first-order chi connectivity index (χ1) is 20.9. The second-order valence-corrected chi connectivity index (χ2v) is 10.9. The molecule has 2 aromatic carbocycles. The van der Waals surface area contributed by atoms with E-state index in [4.69, 9.17) is 9.15 Å². The topological polar surface area (TPSA) is 98.1 Å². The number of furan rings is 1. The number of nitrogens with one attached hydrogen (secondary N) is 1. The highest BCUT2D eigenvalue weighted by molar-refractivity contribution is 6.17. The molecule has 3 aromatic rings. The van der Waals surface area contributed by atoms with Gasteiger partial charge in [0.1, 0.15) is 17.1 Å². The van der Waals surface area contributed by atoms with Gasteiger partial charge in [-0.25, -0.2) is 0 Å². The van der Waals surface area contributed by atoms with Crippen molar-refractivity contribution in [1.82, 2.24) is 10.2 Å². The molecule has 0 saturated heterocycles. The van der Waals surface area contributed by atoms with Crippen LogP contribution in [0.2, 0.25) is 0 Å². The summed E-state index contributed by atoms with van der Waals surface area (Å²) < 4.78 is 16.8. The minimum absolute atomic E-state index is 0.0805. The molecular weight excluding hydrogens is 544 g/mol. The Kier molecular flexibility index (Phi) is 14.3. The van der Waals surface area contributed by atoms with Crippen LogP contribution in [0.25, 0.3) is 11.0 Å². The van der Waals surface area contributed by atoms with Gasteiger partial charge in [-0.05, 0) is 81.2 Å². The summed E-state index contributed by atoms with van der Waals surface area (Å²) in [4.78, 5) is 40.5. The summed E-state index contributed by atoms with van der Waals surface area (Å²) in [5.74, 6) is 0.482. The summed E-state index contributed by atoms with van der Waals surface area (Å²) in [6.07, 6.45) is 8.34. The van der Waals surface area contributed by atoms with Gasteiger partial charge in [-0.1, -0.05) is 40.0 Å². The molecule has 0 bridgehead atoms. The maximum atomic E-state index is 13.8.